The summed E-state index contributed by atoms with van der Waals surface area (Å²) in [5, 5.41) is 6.63. The van der Waals surface area contributed by atoms with Crippen molar-refractivity contribution in [3.05, 3.63) is 70.2 Å². The molecule has 5 nitrogen and oxygen atoms in total. The minimum atomic E-state index is -0.148. The van der Waals surface area contributed by atoms with Gasteiger partial charge in [-0.25, -0.2) is 4.79 Å². The number of carbonyl (C=O) groups excluding carboxylic acids is 2. The molecular weight excluding hydrogens is 386 g/mol. The van der Waals surface area contributed by atoms with E-state index >= 15 is 0 Å². The molecule has 2 N–H and O–H groups in total. The van der Waals surface area contributed by atoms with Gasteiger partial charge in [-0.05, 0) is 60.9 Å². The van der Waals surface area contributed by atoms with Crippen LogP contribution in [-0.2, 0) is 6.54 Å². The first-order valence-electron chi connectivity index (χ1n) is 10.1. The number of hydrogen-bond acceptors (Lipinski definition) is 2. The third-order valence-corrected chi connectivity index (χ3v) is 6.41. The molecule has 0 radical (unpaired) electrons. The van der Waals surface area contributed by atoms with Crippen molar-refractivity contribution in [3.8, 4) is 0 Å². The van der Waals surface area contributed by atoms with Crippen LogP contribution in [0.25, 0.3) is 0 Å². The van der Waals surface area contributed by atoms with Crippen LogP contribution in [0.15, 0.2) is 48.5 Å². The van der Waals surface area contributed by atoms with Crippen molar-refractivity contribution in [2.24, 2.45) is 5.41 Å². The second-order valence-electron chi connectivity index (χ2n) is 8.35. The zero-order valence-corrected chi connectivity index (χ0v) is 17.3. The Morgan fingerprint density at radius 2 is 1.86 bits per heavy atom. The molecule has 1 aliphatic carbocycles. The average Bonchev–Trinajstić information content (AvgIpc) is 3.13. The minimum Gasteiger partial charge on any atom is -0.338 e. The second-order valence-corrected chi connectivity index (χ2v) is 8.79. The Bertz CT molecular complexity index is 907. The monoisotopic (exact) mass is 411 g/mol. The number of rotatable bonds is 4. The van der Waals surface area contributed by atoms with E-state index in [1.165, 1.54) is 0 Å². The Labute approximate surface area is 176 Å². The highest BCUT2D eigenvalue weighted by Gasteiger charge is 2.49. The summed E-state index contributed by atoms with van der Waals surface area (Å²) in [5.41, 5.74) is 2.98. The van der Waals surface area contributed by atoms with Crippen LogP contribution in [0.5, 0.6) is 0 Å². The SMILES string of the molecule is Cc1ccccc1C(=O)N1CC[C@]2(C1)C[C@@H](NC(=O)NCc1ccc(Cl)cc1)C2. The van der Waals surface area contributed by atoms with Crippen molar-refractivity contribution in [1.29, 1.82) is 0 Å². The number of nitrogens with one attached hydrogen (secondary N) is 2. The van der Waals surface area contributed by atoms with Gasteiger partial charge in [0.05, 0.1) is 0 Å². The molecule has 1 aliphatic heterocycles. The van der Waals surface area contributed by atoms with Crippen LogP contribution in [0.1, 0.15) is 40.7 Å². The highest BCUT2D eigenvalue weighted by molar-refractivity contribution is 6.30. The fourth-order valence-corrected chi connectivity index (χ4v) is 4.66. The first kappa shape index (κ1) is 19.8. The van der Waals surface area contributed by atoms with Crippen molar-refractivity contribution >= 4 is 23.5 Å². The Balaban J connectivity index is 1.23. The van der Waals surface area contributed by atoms with Gasteiger partial charge in [0.1, 0.15) is 0 Å². The van der Waals surface area contributed by atoms with Gasteiger partial charge in [-0.2, -0.15) is 0 Å². The topological polar surface area (TPSA) is 61.4 Å². The molecule has 2 aromatic carbocycles. The summed E-state index contributed by atoms with van der Waals surface area (Å²) in [6.07, 6.45) is 2.87. The third kappa shape index (κ3) is 4.40. The highest BCUT2D eigenvalue weighted by Crippen LogP contribution is 2.48. The summed E-state index contributed by atoms with van der Waals surface area (Å²) in [4.78, 5) is 27.0. The molecule has 3 amide bonds. The molecule has 1 spiro atoms. The van der Waals surface area contributed by atoms with E-state index in [0.29, 0.717) is 11.6 Å². The number of carbonyl (C=O) groups is 2. The molecule has 1 heterocycles. The Morgan fingerprint density at radius 3 is 2.59 bits per heavy atom. The van der Waals surface area contributed by atoms with Crippen molar-refractivity contribution in [2.45, 2.75) is 38.8 Å². The van der Waals surface area contributed by atoms with Gasteiger partial charge in [0, 0.05) is 36.3 Å². The molecule has 0 atom stereocenters. The molecule has 0 unspecified atom stereocenters. The first-order chi connectivity index (χ1) is 13.9. The smallest absolute Gasteiger partial charge is 0.315 e. The maximum atomic E-state index is 12.8. The van der Waals surface area contributed by atoms with Crippen molar-refractivity contribution < 1.29 is 9.59 Å². The largest absolute Gasteiger partial charge is 0.338 e. The zero-order valence-electron chi connectivity index (χ0n) is 16.6. The number of aryl methyl sites for hydroxylation is 1. The predicted octanol–water partition coefficient (Wildman–Crippen LogP) is 4.14. The van der Waals surface area contributed by atoms with E-state index in [9.17, 15) is 9.59 Å². The van der Waals surface area contributed by atoms with Crippen LogP contribution in [0.2, 0.25) is 5.02 Å². The Kier molecular flexibility index (Phi) is 5.50. The second kappa shape index (κ2) is 8.07. The molecule has 4 rings (SSSR count). The molecule has 2 aromatic rings. The predicted molar refractivity (Wildman–Crippen MR) is 114 cm³/mol. The van der Waals surface area contributed by atoms with Gasteiger partial charge in [-0.15, -0.1) is 0 Å². The molecule has 0 bridgehead atoms. The molecule has 29 heavy (non-hydrogen) atoms. The number of halogens is 1. The van der Waals surface area contributed by atoms with Crippen LogP contribution < -0.4 is 10.6 Å². The molecule has 0 aromatic heterocycles. The van der Waals surface area contributed by atoms with E-state index < -0.39 is 0 Å². The van der Waals surface area contributed by atoms with Crippen LogP contribution in [-0.4, -0.2) is 36.0 Å². The number of amides is 3. The van der Waals surface area contributed by atoms with E-state index in [1.807, 2.05) is 60.4 Å². The van der Waals surface area contributed by atoms with Crippen molar-refractivity contribution in [1.82, 2.24) is 15.5 Å². The van der Waals surface area contributed by atoms with Crippen molar-refractivity contribution in [2.75, 3.05) is 13.1 Å². The van der Waals surface area contributed by atoms with E-state index in [-0.39, 0.29) is 23.4 Å². The lowest BCUT2D eigenvalue weighted by molar-refractivity contribution is 0.0671. The highest BCUT2D eigenvalue weighted by atomic mass is 35.5. The summed E-state index contributed by atoms with van der Waals surface area (Å²) < 4.78 is 0. The molecule has 152 valence electrons. The number of hydrogen-bond donors (Lipinski definition) is 2. The number of benzene rings is 2. The summed E-state index contributed by atoms with van der Waals surface area (Å²) >= 11 is 5.88. The maximum Gasteiger partial charge on any atom is 0.315 e. The normalized spacial score (nSPS) is 23.0. The lowest BCUT2D eigenvalue weighted by Gasteiger charge is -2.45. The minimum absolute atomic E-state index is 0.122. The molecule has 1 saturated carbocycles. The Hall–Kier alpha value is -2.53. The lowest BCUT2D eigenvalue weighted by atomic mass is 9.65. The van der Waals surface area contributed by atoms with Crippen LogP contribution in [0.4, 0.5) is 4.79 Å². The first-order valence-corrected chi connectivity index (χ1v) is 10.5. The van der Waals surface area contributed by atoms with Crippen LogP contribution >= 0.6 is 11.6 Å². The summed E-state index contributed by atoms with van der Waals surface area (Å²) in [7, 11) is 0. The molecular formula is C23H26ClN3O2. The quantitative estimate of drug-likeness (QED) is 0.794. The van der Waals surface area contributed by atoms with Gasteiger partial charge >= 0.3 is 6.03 Å². The van der Waals surface area contributed by atoms with Gasteiger partial charge in [-0.3, -0.25) is 4.79 Å². The van der Waals surface area contributed by atoms with Gasteiger partial charge < -0.3 is 15.5 Å². The Morgan fingerprint density at radius 1 is 1.14 bits per heavy atom. The van der Waals surface area contributed by atoms with Gasteiger partial charge in [0.25, 0.3) is 5.91 Å². The van der Waals surface area contributed by atoms with Gasteiger partial charge in [0.15, 0.2) is 0 Å². The van der Waals surface area contributed by atoms with Crippen LogP contribution in [0, 0.1) is 12.3 Å². The average molecular weight is 412 g/mol. The maximum absolute atomic E-state index is 12.8. The molecule has 2 aliphatic rings. The summed E-state index contributed by atoms with van der Waals surface area (Å²) in [5.74, 6) is 0.122. The van der Waals surface area contributed by atoms with E-state index in [2.05, 4.69) is 10.6 Å². The van der Waals surface area contributed by atoms with E-state index in [4.69, 9.17) is 11.6 Å². The summed E-state index contributed by atoms with van der Waals surface area (Å²) in [6, 6.07) is 15.2. The van der Waals surface area contributed by atoms with Crippen molar-refractivity contribution in [3.63, 3.8) is 0 Å². The van der Waals surface area contributed by atoms with Gasteiger partial charge in [0.2, 0.25) is 0 Å². The fraction of sp³-hybridized carbons (Fsp3) is 0.391. The van der Waals surface area contributed by atoms with E-state index in [1.54, 1.807) is 0 Å². The lowest BCUT2D eigenvalue weighted by Crippen LogP contribution is -2.54. The molecule has 6 heteroatoms. The third-order valence-electron chi connectivity index (χ3n) is 6.16. The number of nitrogens with zero attached hydrogens (tertiary/aromatic N) is 1. The standard InChI is InChI=1S/C23H26ClN3O2/c1-16-4-2-3-5-20(16)21(28)27-11-10-23(15-27)12-19(13-23)26-22(29)25-14-17-6-8-18(24)9-7-17/h2-9,19H,10-15H2,1H3,(H2,25,26,29)/t19-,23+. The molecule has 2 fully saturated rings. The summed E-state index contributed by atoms with van der Waals surface area (Å²) in [6.45, 7) is 4.03. The zero-order chi connectivity index (χ0) is 20.4. The number of urea groups is 1. The van der Waals surface area contributed by atoms with Gasteiger partial charge in [-0.1, -0.05) is 41.9 Å². The molecule has 1 saturated heterocycles. The van der Waals surface area contributed by atoms with E-state index in [0.717, 1.165) is 49.0 Å². The number of likely N-dealkylation sites (tertiary alicyclic amines) is 1. The fourth-order valence-electron chi connectivity index (χ4n) is 4.53. The van der Waals surface area contributed by atoms with Crippen LogP contribution in [0.3, 0.4) is 0 Å².